The summed E-state index contributed by atoms with van der Waals surface area (Å²) in [7, 11) is 2.73. The van der Waals surface area contributed by atoms with Gasteiger partial charge in [-0.1, -0.05) is 0 Å². The predicted molar refractivity (Wildman–Crippen MR) is 57.3 cm³/mol. The van der Waals surface area contributed by atoms with Crippen LogP contribution >= 0.6 is 0 Å². The molecule has 0 unspecified atom stereocenters. The van der Waals surface area contributed by atoms with Crippen molar-refractivity contribution in [1.29, 1.82) is 0 Å². The highest BCUT2D eigenvalue weighted by Crippen LogP contribution is 2.04. The molecule has 0 aromatic carbocycles. The number of hydrogen-bond donors (Lipinski definition) is 1. The Kier molecular flexibility index (Phi) is 10.2. The van der Waals surface area contributed by atoms with E-state index >= 15 is 0 Å². The van der Waals surface area contributed by atoms with Gasteiger partial charge in [-0.2, -0.15) is 0 Å². The highest BCUT2D eigenvalue weighted by molar-refractivity contribution is 6.17. The minimum atomic E-state index is -0.568. The van der Waals surface area contributed by atoms with Crippen LogP contribution in [0.3, 0.4) is 0 Å². The SMILES string of the molecule is CO[SiH2]OC.NCCN1CCCC1. The molecule has 1 rings (SSSR count). The van der Waals surface area contributed by atoms with Crippen molar-refractivity contribution >= 4 is 10.0 Å². The molecule has 0 radical (unpaired) electrons. The second-order valence-corrected chi connectivity index (χ2v) is 4.42. The van der Waals surface area contributed by atoms with Crippen LogP contribution in [0.5, 0.6) is 0 Å². The van der Waals surface area contributed by atoms with E-state index in [1.165, 1.54) is 25.9 Å². The zero-order valence-corrected chi connectivity index (χ0v) is 10.2. The molecule has 2 N–H and O–H groups in total. The van der Waals surface area contributed by atoms with E-state index in [4.69, 9.17) is 5.73 Å². The van der Waals surface area contributed by atoms with Crippen molar-refractivity contribution in [1.82, 2.24) is 4.90 Å². The second-order valence-electron chi connectivity index (χ2n) is 3.03. The van der Waals surface area contributed by atoms with Crippen LogP contribution in [0.4, 0.5) is 0 Å². The summed E-state index contributed by atoms with van der Waals surface area (Å²) in [6.45, 7) is 4.47. The molecule has 0 amide bonds. The van der Waals surface area contributed by atoms with E-state index in [9.17, 15) is 0 Å². The van der Waals surface area contributed by atoms with Crippen LogP contribution < -0.4 is 5.73 Å². The van der Waals surface area contributed by atoms with E-state index in [2.05, 4.69) is 13.8 Å². The van der Waals surface area contributed by atoms with Gasteiger partial charge in [-0.25, -0.2) is 0 Å². The third kappa shape index (κ3) is 8.39. The van der Waals surface area contributed by atoms with Crippen molar-refractivity contribution < 1.29 is 8.85 Å². The Balaban J connectivity index is 0.000000252. The Morgan fingerprint density at radius 2 is 1.77 bits per heavy atom. The normalized spacial score (nSPS) is 16.8. The molecule has 1 saturated heterocycles. The predicted octanol–water partition coefficient (Wildman–Crippen LogP) is -0.681. The van der Waals surface area contributed by atoms with Gasteiger partial charge < -0.3 is 19.5 Å². The highest BCUT2D eigenvalue weighted by Gasteiger charge is 2.08. The summed E-state index contributed by atoms with van der Waals surface area (Å²) in [4.78, 5) is 2.42. The first-order valence-electron chi connectivity index (χ1n) is 4.75. The third-order valence-corrected chi connectivity index (χ3v) is 2.35. The topological polar surface area (TPSA) is 47.7 Å². The van der Waals surface area contributed by atoms with E-state index in [1.807, 2.05) is 0 Å². The number of hydrogen-bond acceptors (Lipinski definition) is 4. The van der Waals surface area contributed by atoms with Gasteiger partial charge in [0.15, 0.2) is 0 Å². The van der Waals surface area contributed by atoms with Crippen molar-refractivity contribution in [2.75, 3.05) is 40.4 Å². The quantitative estimate of drug-likeness (QED) is 0.619. The van der Waals surface area contributed by atoms with Crippen molar-refractivity contribution in [3.05, 3.63) is 0 Å². The van der Waals surface area contributed by atoms with Crippen LogP contribution in [-0.2, 0) is 8.85 Å². The molecular weight excluding hydrogens is 184 g/mol. The summed E-state index contributed by atoms with van der Waals surface area (Å²) >= 11 is 0. The van der Waals surface area contributed by atoms with Gasteiger partial charge in [-0.15, -0.1) is 0 Å². The molecule has 0 aromatic heterocycles. The Morgan fingerprint density at radius 3 is 2.08 bits per heavy atom. The van der Waals surface area contributed by atoms with Crippen LogP contribution in [0.1, 0.15) is 12.8 Å². The largest absolute Gasteiger partial charge is 0.402 e. The fraction of sp³-hybridized carbons (Fsp3) is 1.00. The minimum Gasteiger partial charge on any atom is -0.402 e. The summed E-state index contributed by atoms with van der Waals surface area (Å²) in [5.41, 5.74) is 5.37. The standard InChI is InChI=1S/C6H14N2.C2H8O2Si/c7-3-6-8-4-1-2-5-8;1-3-5-4-2/h1-7H2;5H2,1-2H3. The smallest absolute Gasteiger partial charge is 0.303 e. The molecule has 0 aliphatic carbocycles. The lowest BCUT2D eigenvalue weighted by atomic mass is 10.4. The molecule has 1 aliphatic heterocycles. The maximum absolute atomic E-state index is 5.37. The first kappa shape index (κ1) is 13.1. The molecule has 1 heterocycles. The Morgan fingerprint density at radius 1 is 1.23 bits per heavy atom. The van der Waals surface area contributed by atoms with Gasteiger partial charge in [0.25, 0.3) is 0 Å². The van der Waals surface area contributed by atoms with Gasteiger partial charge in [-0.3, -0.25) is 0 Å². The Labute approximate surface area is 83.4 Å². The fourth-order valence-electron chi connectivity index (χ4n) is 1.31. The molecule has 5 heteroatoms. The van der Waals surface area contributed by atoms with Gasteiger partial charge in [0.05, 0.1) is 0 Å². The molecule has 0 aromatic rings. The molecule has 13 heavy (non-hydrogen) atoms. The van der Waals surface area contributed by atoms with Crippen molar-refractivity contribution in [3.63, 3.8) is 0 Å². The molecule has 0 bridgehead atoms. The molecule has 4 nitrogen and oxygen atoms in total. The monoisotopic (exact) mass is 206 g/mol. The summed E-state index contributed by atoms with van der Waals surface area (Å²) in [6, 6.07) is 0. The lowest BCUT2D eigenvalue weighted by Crippen LogP contribution is -2.26. The highest BCUT2D eigenvalue weighted by atomic mass is 28.3. The molecule has 0 saturated carbocycles. The van der Waals surface area contributed by atoms with Gasteiger partial charge in [0, 0.05) is 27.3 Å². The average Bonchev–Trinajstić information content (AvgIpc) is 2.60. The van der Waals surface area contributed by atoms with Gasteiger partial charge in [0.2, 0.25) is 0 Å². The molecule has 0 spiro atoms. The first-order valence-corrected chi connectivity index (χ1v) is 5.91. The number of likely N-dealkylation sites (tertiary alicyclic amines) is 1. The number of nitrogens with two attached hydrogens (primary N) is 1. The van der Waals surface area contributed by atoms with Crippen LogP contribution in [0, 0.1) is 0 Å². The van der Waals surface area contributed by atoms with E-state index in [1.54, 1.807) is 14.2 Å². The van der Waals surface area contributed by atoms with Crippen LogP contribution in [0.25, 0.3) is 0 Å². The lowest BCUT2D eigenvalue weighted by molar-refractivity contribution is 0.309. The molecule has 1 fully saturated rings. The Bertz CT molecular complexity index is 98.1. The van der Waals surface area contributed by atoms with Crippen molar-refractivity contribution in [2.45, 2.75) is 12.8 Å². The van der Waals surface area contributed by atoms with E-state index < -0.39 is 10.0 Å². The first-order chi connectivity index (χ1) is 6.35. The maximum atomic E-state index is 5.37. The van der Waals surface area contributed by atoms with E-state index in [-0.39, 0.29) is 0 Å². The Hall–Kier alpha value is 0.0569. The second kappa shape index (κ2) is 10.1. The third-order valence-electron chi connectivity index (χ3n) is 1.88. The number of rotatable bonds is 4. The van der Waals surface area contributed by atoms with Crippen LogP contribution in [0.2, 0.25) is 0 Å². The van der Waals surface area contributed by atoms with E-state index in [0.717, 1.165) is 13.1 Å². The van der Waals surface area contributed by atoms with E-state index in [0.29, 0.717) is 0 Å². The van der Waals surface area contributed by atoms with Crippen LogP contribution in [0.15, 0.2) is 0 Å². The summed E-state index contributed by atoms with van der Waals surface area (Å²) in [6.07, 6.45) is 2.75. The zero-order chi connectivity index (χ0) is 9.94. The van der Waals surface area contributed by atoms with Gasteiger partial charge in [-0.05, 0) is 25.9 Å². The average molecular weight is 206 g/mol. The zero-order valence-electron chi connectivity index (χ0n) is 8.79. The van der Waals surface area contributed by atoms with Crippen LogP contribution in [-0.4, -0.2) is 55.3 Å². The molecular formula is C8H22N2O2Si. The molecule has 0 atom stereocenters. The van der Waals surface area contributed by atoms with Gasteiger partial charge in [0.1, 0.15) is 0 Å². The summed E-state index contributed by atoms with van der Waals surface area (Å²) < 4.78 is 9.22. The minimum absolute atomic E-state index is 0.568. The lowest BCUT2D eigenvalue weighted by Gasteiger charge is -2.11. The maximum Gasteiger partial charge on any atom is 0.303 e. The molecule has 1 aliphatic rings. The fourth-order valence-corrected chi connectivity index (χ4v) is 1.54. The number of nitrogens with zero attached hydrogens (tertiary/aromatic N) is 1. The van der Waals surface area contributed by atoms with Crippen molar-refractivity contribution in [2.24, 2.45) is 5.73 Å². The van der Waals surface area contributed by atoms with Gasteiger partial charge >= 0.3 is 10.0 Å². The molecule has 80 valence electrons. The summed E-state index contributed by atoms with van der Waals surface area (Å²) in [5.74, 6) is 0. The summed E-state index contributed by atoms with van der Waals surface area (Å²) in [5, 5.41) is 0. The van der Waals surface area contributed by atoms with Crippen molar-refractivity contribution in [3.8, 4) is 0 Å².